The Morgan fingerprint density at radius 3 is 2.56 bits per heavy atom. The molecule has 0 bridgehead atoms. The van der Waals surface area contributed by atoms with Crippen LogP contribution in [0.4, 0.5) is 0 Å². The van der Waals surface area contributed by atoms with Crippen LogP contribution in [-0.4, -0.2) is 6.04 Å². The zero-order valence-corrected chi connectivity index (χ0v) is 11.1. The lowest BCUT2D eigenvalue weighted by Crippen LogP contribution is -2.25. The van der Waals surface area contributed by atoms with Crippen LogP contribution in [0.2, 0.25) is 0 Å². The van der Waals surface area contributed by atoms with Crippen LogP contribution in [0.25, 0.3) is 0 Å². The molecule has 2 heteroatoms. The zero-order chi connectivity index (χ0) is 12.8. The molecule has 0 amide bonds. The molecule has 96 valence electrons. The average molecular weight is 243 g/mol. The molecule has 0 radical (unpaired) electrons. The van der Waals surface area contributed by atoms with Crippen molar-refractivity contribution < 1.29 is 4.42 Å². The summed E-state index contributed by atoms with van der Waals surface area (Å²) in [5, 5.41) is 3.49. The number of hydrogen-bond acceptors (Lipinski definition) is 2. The van der Waals surface area contributed by atoms with Gasteiger partial charge in [0.1, 0.15) is 11.5 Å². The Bertz CT molecular complexity index is 461. The summed E-state index contributed by atoms with van der Waals surface area (Å²) in [5.74, 6) is 1.99. The van der Waals surface area contributed by atoms with Crippen molar-refractivity contribution in [3.8, 4) is 0 Å². The normalized spacial score (nSPS) is 12.6. The monoisotopic (exact) mass is 243 g/mol. The fourth-order valence-corrected chi connectivity index (χ4v) is 1.98. The highest BCUT2D eigenvalue weighted by molar-refractivity contribution is 5.14. The molecule has 2 aromatic rings. The lowest BCUT2D eigenvalue weighted by Gasteiger charge is -2.12. The van der Waals surface area contributed by atoms with Gasteiger partial charge in [0, 0.05) is 6.04 Å². The summed E-state index contributed by atoms with van der Waals surface area (Å²) in [6.45, 7) is 5.00. The van der Waals surface area contributed by atoms with E-state index in [0.717, 1.165) is 30.9 Å². The van der Waals surface area contributed by atoms with Gasteiger partial charge < -0.3 is 9.73 Å². The summed E-state index contributed by atoms with van der Waals surface area (Å²) in [7, 11) is 0. The Balaban J connectivity index is 1.71. The Labute approximate surface area is 109 Å². The molecule has 0 saturated carbocycles. The SMILES string of the molecule is Cc1ccc(CN[C@@H](C)CCc2ccccc2)o1. The van der Waals surface area contributed by atoms with Crippen LogP contribution in [0.5, 0.6) is 0 Å². The van der Waals surface area contributed by atoms with Crippen LogP contribution in [0.3, 0.4) is 0 Å². The predicted molar refractivity (Wildman–Crippen MR) is 74.5 cm³/mol. The third-order valence-corrected chi connectivity index (χ3v) is 3.13. The minimum absolute atomic E-state index is 0.496. The number of furan rings is 1. The lowest BCUT2D eigenvalue weighted by molar-refractivity contribution is 0.431. The number of rotatable bonds is 6. The van der Waals surface area contributed by atoms with Crippen LogP contribution in [-0.2, 0) is 13.0 Å². The van der Waals surface area contributed by atoms with Gasteiger partial charge in [0.05, 0.1) is 6.54 Å². The molecule has 0 unspecified atom stereocenters. The van der Waals surface area contributed by atoms with Gasteiger partial charge in [0.25, 0.3) is 0 Å². The summed E-state index contributed by atoms with van der Waals surface area (Å²) < 4.78 is 5.53. The summed E-state index contributed by atoms with van der Waals surface area (Å²) in [6, 6.07) is 15.2. The first-order valence-electron chi connectivity index (χ1n) is 6.56. The van der Waals surface area contributed by atoms with E-state index in [1.165, 1.54) is 5.56 Å². The molecular formula is C16H21NO. The summed E-state index contributed by atoms with van der Waals surface area (Å²) in [5.41, 5.74) is 1.40. The molecule has 0 saturated heterocycles. The summed E-state index contributed by atoms with van der Waals surface area (Å²) >= 11 is 0. The van der Waals surface area contributed by atoms with E-state index in [0.29, 0.717) is 6.04 Å². The second-order valence-corrected chi connectivity index (χ2v) is 4.82. The molecular weight excluding hydrogens is 222 g/mol. The minimum atomic E-state index is 0.496. The highest BCUT2D eigenvalue weighted by Gasteiger charge is 2.04. The fraction of sp³-hybridized carbons (Fsp3) is 0.375. The van der Waals surface area contributed by atoms with Crippen LogP contribution in [0, 0.1) is 6.92 Å². The smallest absolute Gasteiger partial charge is 0.117 e. The van der Waals surface area contributed by atoms with Crippen molar-refractivity contribution in [1.82, 2.24) is 5.32 Å². The molecule has 1 aromatic carbocycles. The van der Waals surface area contributed by atoms with Gasteiger partial charge in [-0.2, -0.15) is 0 Å². The largest absolute Gasteiger partial charge is 0.465 e. The Morgan fingerprint density at radius 2 is 1.89 bits per heavy atom. The maximum atomic E-state index is 5.53. The third kappa shape index (κ3) is 4.04. The van der Waals surface area contributed by atoms with E-state index in [4.69, 9.17) is 4.42 Å². The van der Waals surface area contributed by atoms with Crippen LogP contribution in [0.15, 0.2) is 46.9 Å². The van der Waals surface area contributed by atoms with Crippen molar-refractivity contribution in [1.29, 1.82) is 0 Å². The molecule has 1 atom stereocenters. The molecule has 0 fully saturated rings. The fourth-order valence-electron chi connectivity index (χ4n) is 1.98. The highest BCUT2D eigenvalue weighted by Crippen LogP contribution is 2.08. The third-order valence-electron chi connectivity index (χ3n) is 3.13. The average Bonchev–Trinajstić information content (AvgIpc) is 2.81. The van der Waals surface area contributed by atoms with Gasteiger partial charge in [-0.15, -0.1) is 0 Å². The molecule has 0 aliphatic heterocycles. The van der Waals surface area contributed by atoms with Crippen molar-refractivity contribution in [2.24, 2.45) is 0 Å². The maximum Gasteiger partial charge on any atom is 0.117 e. The highest BCUT2D eigenvalue weighted by atomic mass is 16.3. The molecule has 1 heterocycles. The first-order chi connectivity index (χ1) is 8.74. The van der Waals surface area contributed by atoms with Crippen molar-refractivity contribution >= 4 is 0 Å². The minimum Gasteiger partial charge on any atom is -0.465 e. The van der Waals surface area contributed by atoms with E-state index in [9.17, 15) is 0 Å². The van der Waals surface area contributed by atoms with E-state index >= 15 is 0 Å². The van der Waals surface area contributed by atoms with Crippen molar-refractivity contribution in [3.05, 3.63) is 59.5 Å². The molecule has 18 heavy (non-hydrogen) atoms. The Kier molecular flexibility index (Phi) is 4.59. The van der Waals surface area contributed by atoms with E-state index in [1.54, 1.807) is 0 Å². The lowest BCUT2D eigenvalue weighted by atomic mass is 10.1. The molecule has 0 aliphatic carbocycles. The van der Waals surface area contributed by atoms with Gasteiger partial charge >= 0.3 is 0 Å². The Morgan fingerprint density at radius 1 is 1.11 bits per heavy atom. The van der Waals surface area contributed by atoms with Crippen LogP contribution >= 0.6 is 0 Å². The first-order valence-corrected chi connectivity index (χ1v) is 6.56. The van der Waals surface area contributed by atoms with Crippen molar-refractivity contribution in [2.75, 3.05) is 0 Å². The van der Waals surface area contributed by atoms with Gasteiger partial charge in [-0.25, -0.2) is 0 Å². The molecule has 1 aromatic heterocycles. The van der Waals surface area contributed by atoms with E-state index in [1.807, 2.05) is 19.1 Å². The topological polar surface area (TPSA) is 25.2 Å². The second kappa shape index (κ2) is 6.41. The number of hydrogen-bond donors (Lipinski definition) is 1. The molecule has 2 nitrogen and oxygen atoms in total. The van der Waals surface area contributed by atoms with Crippen LogP contribution in [0.1, 0.15) is 30.4 Å². The summed E-state index contributed by atoms with van der Waals surface area (Å²) in [4.78, 5) is 0. The van der Waals surface area contributed by atoms with Crippen molar-refractivity contribution in [2.45, 2.75) is 39.3 Å². The van der Waals surface area contributed by atoms with Gasteiger partial charge in [-0.1, -0.05) is 30.3 Å². The second-order valence-electron chi connectivity index (χ2n) is 4.82. The number of aryl methyl sites for hydroxylation is 2. The number of benzene rings is 1. The summed E-state index contributed by atoms with van der Waals surface area (Å²) in [6.07, 6.45) is 2.26. The number of nitrogens with one attached hydrogen (secondary N) is 1. The van der Waals surface area contributed by atoms with E-state index < -0.39 is 0 Å². The van der Waals surface area contributed by atoms with Crippen LogP contribution < -0.4 is 5.32 Å². The van der Waals surface area contributed by atoms with Crippen molar-refractivity contribution in [3.63, 3.8) is 0 Å². The molecule has 0 spiro atoms. The van der Waals surface area contributed by atoms with Gasteiger partial charge in [0.15, 0.2) is 0 Å². The van der Waals surface area contributed by atoms with E-state index in [-0.39, 0.29) is 0 Å². The predicted octanol–water partition coefficient (Wildman–Crippen LogP) is 3.70. The maximum absolute atomic E-state index is 5.53. The molecule has 1 N–H and O–H groups in total. The first kappa shape index (κ1) is 12.9. The van der Waals surface area contributed by atoms with Gasteiger partial charge in [0.2, 0.25) is 0 Å². The van der Waals surface area contributed by atoms with E-state index in [2.05, 4.69) is 42.6 Å². The Hall–Kier alpha value is -1.54. The quantitative estimate of drug-likeness (QED) is 0.837. The molecule has 2 rings (SSSR count). The van der Waals surface area contributed by atoms with Gasteiger partial charge in [-0.05, 0) is 44.4 Å². The standard InChI is InChI=1S/C16H21NO/c1-13(8-10-15-6-4-3-5-7-15)17-12-16-11-9-14(2)18-16/h3-7,9,11,13,17H,8,10,12H2,1-2H3/t13-/m0/s1. The van der Waals surface area contributed by atoms with Gasteiger partial charge in [-0.3, -0.25) is 0 Å². The zero-order valence-electron chi connectivity index (χ0n) is 11.1. The molecule has 0 aliphatic rings.